The molecule has 1 aliphatic heterocycles. The molecule has 1 heterocycles. The van der Waals surface area contributed by atoms with Gasteiger partial charge in [-0.25, -0.2) is 8.78 Å². The number of hydrogen-bond donors (Lipinski definition) is 1. The molecule has 2 rings (SSSR count). The summed E-state index contributed by atoms with van der Waals surface area (Å²) in [5.41, 5.74) is 0. The van der Waals surface area contributed by atoms with Gasteiger partial charge in [-0.05, 0) is 6.42 Å². The zero-order chi connectivity index (χ0) is 7.30. The fourth-order valence-corrected chi connectivity index (χ4v) is 1.66. The van der Waals surface area contributed by atoms with Crippen LogP contribution in [0.15, 0.2) is 0 Å². The first-order valence-corrected chi connectivity index (χ1v) is 3.28. The van der Waals surface area contributed by atoms with Crippen molar-refractivity contribution in [3.63, 3.8) is 0 Å². The fraction of sp³-hybridized carbons (Fsp3) is 0.833. The molecule has 0 aromatic rings. The van der Waals surface area contributed by atoms with Crippen LogP contribution in [0.5, 0.6) is 0 Å². The highest BCUT2D eigenvalue weighted by Crippen LogP contribution is 2.36. The van der Waals surface area contributed by atoms with E-state index in [0.29, 0.717) is 6.42 Å². The first-order chi connectivity index (χ1) is 4.70. The number of rotatable bonds is 0. The maximum absolute atomic E-state index is 12.6. The van der Waals surface area contributed by atoms with Gasteiger partial charge in [0.15, 0.2) is 6.17 Å². The molecule has 0 spiro atoms. The van der Waals surface area contributed by atoms with E-state index in [2.05, 4.69) is 5.32 Å². The van der Waals surface area contributed by atoms with Crippen LogP contribution in [0.2, 0.25) is 0 Å². The van der Waals surface area contributed by atoms with Crippen molar-refractivity contribution in [3.8, 4) is 0 Å². The summed E-state index contributed by atoms with van der Waals surface area (Å²) < 4.78 is 25.2. The molecule has 1 saturated heterocycles. The van der Waals surface area contributed by atoms with Crippen LogP contribution in [0.25, 0.3) is 0 Å². The van der Waals surface area contributed by atoms with E-state index in [0.717, 1.165) is 0 Å². The molecular formula is C6H7F2NO. The Hall–Kier alpha value is -0.670. The average Bonchev–Trinajstić information content (AvgIpc) is 2.36. The van der Waals surface area contributed by atoms with Gasteiger partial charge >= 0.3 is 0 Å². The first kappa shape index (κ1) is 6.07. The smallest absolute Gasteiger partial charge is 0.226 e. The molecule has 0 aromatic heterocycles. The molecular weight excluding hydrogens is 140 g/mol. The molecule has 2 bridgehead atoms. The molecule has 0 radical (unpaired) electrons. The summed E-state index contributed by atoms with van der Waals surface area (Å²) in [4.78, 5) is 10.7. The Bertz CT molecular complexity index is 183. The fourth-order valence-electron chi connectivity index (χ4n) is 1.66. The highest BCUT2D eigenvalue weighted by Gasteiger charge is 2.53. The Kier molecular flexibility index (Phi) is 1.02. The molecule has 0 unspecified atom stereocenters. The number of carbonyl (C=O) groups is 1. The molecule has 1 aliphatic carbocycles. The van der Waals surface area contributed by atoms with Crippen molar-refractivity contribution in [2.24, 2.45) is 5.92 Å². The number of fused-ring (bicyclic) bond motifs is 2. The van der Waals surface area contributed by atoms with Gasteiger partial charge in [0.2, 0.25) is 5.91 Å². The quantitative estimate of drug-likeness (QED) is 0.520. The lowest BCUT2D eigenvalue weighted by molar-refractivity contribution is -0.127. The maximum Gasteiger partial charge on any atom is 0.226 e. The van der Waals surface area contributed by atoms with Crippen molar-refractivity contribution in [1.29, 1.82) is 0 Å². The van der Waals surface area contributed by atoms with E-state index >= 15 is 0 Å². The second-order valence-electron chi connectivity index (χ2n) is 2.85. The van der Waals surface area contributed by atoms with Crippen molar-refractivity contribution in [2.45, 2.75) is 24.8 Å². The van der Waals surface area contributed by atoms with Crippen LogP contribution in [0.3, 0.4) is 0 Å². The molecule has 1 N–H and O–H groups in total. The predicted octanol–water partition coefficient (Wildman–Crippen LogP) is 0.181. The van der Waals surface area contributed by atoms with Gasteiger partial charge in [0.05, 0.1) is 12.0 Å². The van der Waals surface area contributed by atoms with E-state index in [4.69, 9.17) is 0 Å². The van der Waals surface area contributed by atoms with Crippen LogP contribution >= 0.6 is 0 Å². The molecule has 10 heavy (non-hydrogen) atoms. The molecule has 1 amide bonds. The van der Waals surface area contributed by atoms with Crippen LogP contribution in [-0.2, 0) is 4.79 Å². The van der Waals surface area contributed by atoms with Gasteiger partial charge in [0.25, 0.3) is 0 Å². The summed E-state index contributed by atoms with van der Waals surface area (Å²) in [5.74, 6) is -1.04. The zero-order valence-electron chi connectivity index (χ0n) is 5.18. The number of amides is 1. The molecule has 4 heteroatoms. The summed E-state index contributed by atoms with van der Waals surface area (Å²) in [6.07, 6.45) is -2.69. The molecule has 2 nitrogen and oxygen atoms in total. The van der Waals surface area contributed by atoms with Crippen LogP contribution in [0, 0.1) is 5.92 Å². The molecule has 1 saturated carbocycles. The van der Waals surface area contributed by atoms with Crippen LogP contribution in [0.4, 0.5) is 8.78 Å². The molecule has 4 atom stereocenters. The largest absolute Gasteiger partial charge is 0.350 e. The number of piperidine rings is 1. The normalized spacial score (nSPS) is 51.6. The van der Waals surface area contributed by atoms with Crippen LogP contribution in [0.1, 0.15) is 6.42 Å². The summed E-state index contributed by atoms with van der Waals surface area (Å²) in [5, 5.41) is 2.38. The number of carbonyl (C=O) groups excluding carboxylic acids is 1. The summed E-state index contributed by atoms with van der Waals surface area (Å²) in [6, 6.07) is -0.549. The third kappa shape index (κ3) is 0.540. The summed E-state index contributed by atoms with van der Waals surface area (Å²) in [6.45, 7) is 0. The summed E-state index contributed by atoms with van der Waals surface area (Å²) >= 11 is 0. The Balaban J connectivity index is 2.24. The van der Waals surface area contributed by atoms with Gasteiger partial charge in [-0.3, -0.25) is 4.79 Å². The standard InChI is InChI=1S/C6H7F2NO/c7-4-2-1-3(5(4)8)9-6(2)10/h2-5H,1H2,(H,9,10)/t2-,3+,4+,5-/m0/s1. The lowest BCUT2D eigenvalue weighted by Crippen LogP contribution is -2.44. The maximum atomic E-state index is 12.6. The predicted molar refractivity (Wildman–Crippen MR) is 29.8 cm³/mol. The van der Waals surface area contributed by atoms with E-state index in [1.165, 1.54) is 0 Å². The highest BCUT2D eigenvalue weighted by molar-refractivity contribution is 5.83. The molecule has 0 aromatic carbocycles. The monoisotopic (exact) mass is 147 g/mol. The lowest BCUT2D eigenvalue weighted by atomic mass is 10.1. The number of nitrogens with one attached hydrogen (secondary N) is 1. The van der Waals surface area contributed by atoms with E-state index < -0.39 is 24.3 Å². The van der Waals surface area contributed by atoms with Gasteiger partial charge in [0.1, 0.15) is 6.17 Å². The number of alkyl halides is 2. The van der Waals surface area contributed by atoms with Gasteiger partial charge in [-0.2, -0.15) is 0 Å². The third-order valence-electron chi connectivity index (χ3n) is 2.25. The van der Waals surface area contributed by atoms with Crippen molar-refractivity contribution in [2.75, 3.05) is 0 Å². The minimum absolute atomic E-state index is 0.327. The van der Waals surface area contributed by atoms with Crippen molar-refractivity contribution >= 4 is 5.91 Å². The Morgan fingerprint density at radius 2 is 2.10 bits per heavy atom. The number of hydrogen-bond acceptors (Lipinski definition) is 1. The molecule has 56 valence electrons. The second kappa shape index (κ2) is 1.68. The van der Waals surface area contributed by atoms with E-state index in [1.54, 1.807) is 0 Å². The van der Waals surface area contributed by atoms with Crippen LogP contribution in [-0.4, -0.2) is 24.3 Å². The topological polar surface area (TPSA) is 29.1 Å². The number of halogens is 2. The Morgan fingerprint density at radius 1 is 1.40 bits per heavy atom. The summed E-state index contributed by atoms with van der Waals surface area (Å²) in [7, 11) is 0. The van der Waals surface area contributed by atoms with E-state index in [9.17, 15) is 13.6 Å². The van der Waals surface area contributed by atoms with E-state index in [-0.39, 0.29) is 5.91 Å². The third-order valence-corrected chi connectivity index (χ3v) is 2.25. The Labute approximate surface area is 56.6 Å². The van der Waals surface area contributed by atoms with Crippen molar-refractivity contribution < 1.29 is 13.6 Å². The SMILES string of the molecule is O=C1N[C@@H]2C[C@H]1[C@@H](F)[C@H]2F. The lowest BCUT2D eigenvalue weighted by Gasteiger charge is -2.18. The minimum atomic E-state index is -1.56. The van der Waals surface area contributed by atoms with Gasteiger partial charge in [0, 0.05) is 0 Å². The Morgan fingerprint density at radius 3 is 2.50 bits per heavy atom. The van der Waals surface area contributed by atoms with Gasteiger partial charge in [-0.15, -0.1) is 0 Å². The van der Waals surface area contributed by atoms with Crippen LogP contribution < -0.4 is 5.32 Å². The molecule has 2 fully saturated rings. The van der Waals surface area contributed by atoms with Crippen molar-refractivity contribution in [3.05, 3.63) is 0 Å². The van der Waals surface area contributed by atoms with Gasteiger partial charge < -0.3 is 5.32 Å². The highest BCUT2D eigenvalue weighted by atomic mass is 19.2. The van der Waals surface area contributed by atoms with Crippen molar-refractivity contribution in [1.82, 2.24) is 5.32 Å². The average molecular weight is 147 g/mol. The van der Waals surface area contributed by atoms with Gasteiger partial charge in [-0.1, -0.05) is 0 Å². The zero-order valence-corrected chi connectivity index (χ0v) is 5.18. The first-order valence-electron chi connectivity index (χ1n) is 3.28. The molecule has 2 aliphatic rings. The minimum Gasteiger partial charge on any atom is -0.350 e. The van der Waals surface area contributed by atoms with E-state index in [1.807, 2.05) is 0 Å². The second-order valence-corrected chi connectivity index (χ2v) is 2.85.